The number of nitrogens with one attached hydrogen (secondary N) is 1. The second-order valence-electron chi connectivity index (χ2n) is 6.58. The molecule has 2 aliphatic heterocycles. The molecule has 2 saturated heterocycles. The summed E-state index contributed by atoms with van der Waals surface area (Å²) in [5.41, 5.74) is 0.283. The molecule has 3 fully saturated rings. The summed E-state index contributed by atoms with van der Waals surface area (Å²) in [6.45, 7) is 6.56. The van der Waals surface area contributed by atoms with E-state index >= 15 is 0 Å². The van der Waals surface area contributed by atoms with E-state index in [-0.39, 0.29) is 5.54 Å². The smallest absolute Gasteiger partial charge is 0.157 e. The van der Waals surface area contributed by atoms with E-state index in [2.05, 4.69) is 19.2 Å². The monoisotopic (exact) mass is 282 g/mol. The van der Waals surface area contributed by atoms with Gasteiger partial charge >= 0.3 is 0 Å². The summed E-state index contributed by atoms with van der Waals surface area (Å²) in [6, 6.07) is 0.536. The van der Waals surface area contributed by atoms with Crippen LogP contribution in [-0.4, -0.2) is 35.7 Å². The highest BCUT2D eigenvalue weighted by atomic mass is 32.2. The number of thioether (sulfide) groups is 1. The molecule has 1 spiro atoms. The van der Waals surface area contributed by atoms with Crippen LogP contribution in [0.4, 0.5) is 0 Å². The van der Waals surface area contributed by atoms with Crippen LogP contribution in [0.3, 0.4) is 0 Å². The van der Waals surface area contributed by atoms with Gasteiger partial charge in [0.05, 0.1) is 11.6 Å². The average Bonchev–Trinajstić information content (AvgIpc) is 2.79. The van der Waals surface area contributed by atoms with Gasteiger partial charge in [-0.3, -0.25) is 4.99 Å². The average molecular weight is 282 g/mol. The van der Waals surface area contributed by atoms with Crippen LogP contribution in [0, 0.1) is 11.8 Å². The first-order valence-corrected chi connectivity index (χ1v) is 8.74. The molecule has 0 aromatic heterocycles. The fraction of sp³-hybridized carbons (Fsp3) is 0.933. The molecule has 1 N–H and O–H groups in total. The van der Waals surface area contributed by atoms with Gasteiger partial charge < -0.3 is 10.1 Å². The van der Waals surface area contributed by atoms with Gasteiger partial charge in [-0.1, -0.05) is 38.5 Å². The minimum absolute atomic E-state index is 0.283. The number of aliphatic imine (C=N–C) groups is 1. The maximum Gasteiger partial charge on any atom is 0.157 e. The Morgan fingerprint density at radius 1 is 1.26 bits per heavy atom. The highest BCUT2D eigenvalue weighted by Crippen LogP contribution is 2.35. The summed E-state index contributed by atoms with van der Waals surface area (Å²) >= 11 is 1.93. The fourth-order valence-electron chi connectivity index (χ4n) is 3.49. The SMILES string of the molecule is CC1CCCC(N=C2NC3(CCOCC3)CS2)C1C. The standard InChI is InChI=1S/C15H26N2OS/c1-11-4-3-5-13(12(11)2)16-14-17-15(10-19-14)6-8-18-9-7-15/h11-13H,3-10H2,1-2H3,(H,16,17). The molecule has 0 bridgehead atoms. The Labute approximate surface area is 121 Å². The lowest BCUT2D eigenvalue weighted by Gasteiger charge is -2.34. The summed E-state index contributed by atoms with van der Waals surface area (Å²) < 4.78 is 5.48. The molecule has 3 rings (SSSR count). The lowest BCUT2D eigenvalue weighted by Crippen LogP contribution is -2.48. The van der Waals surface area contributed by atoms with Crippen LogP contribution in [0.15, 0.2) is 4.99 Å². The van der Waals surface area contributed by atoms with Gasteiger partial charge in [-0.25, -0.2) is 0 Å². The van der Waals surface area contributed by atoms with E-state index in [4.69, 9.17) is 9.73 Å². The molecule has 1 saturated carbocycles. The van der Waals surface area contributed by atoms with Crippen molar-refractivity contribution >= 4 is 16.9 Å². The number of nitrogens with zero attached hydrogens (tertiary/aromatic N) is 1. The molecule has 1 aliphatic carbocycles. The molecule has 3 aliphatic rings. The van der Waals surface area contributed by atoms with Crippen LogP contribution in [0.2, 0.25) is 0 Å². The van der Waals surface area contributed by atoms with Gasteiger partial charge in [-0.15, -0.1) is 0 Å². The predicted octanol–water partition coefficient (Wildman–Crippen LogP) is 3.05. The number of hydrogen-bond donors (Lipinski definition) is 1. The van der Waals surface area contributed by atoms with Gasteiger partial charge in [-0.2, -0.15) is 0 Å². The van der Waals surface area contributed by atoms with Crippen molar-refractivity contribution in [1.29, 1.82) is 0 Å². The first-order chi connectivity index (χ1) is 9.19. The highest BCUT2D eigenvalue weighted by molar-refractivity contribution is 8.14. The molecule has 3 unspecified atom stereocenters. The van der Waals surface area contributed by atoms with Crippen molar-refractivity contribution in [3.8, 4) is 0 Å². The van der Waals surface area contributed by atoms with Crippen molar-refractivity contribution in [2.75, 3.05) is 19.0 Å². The third-order valence-corrected chi connectivity index (χ3v) is 6.43. The Morgan fingerprint density at radius 3 is 2.84 bits per heavy atom. The second kappa shape index (κ2) is 5.65. The minimum Gasteiger partial charge on any atom is -0.381 e. The molecule has 108 valence electrons. The second-order valence-corrected chi connectivity index (χ2v) is 7.54. The largest absolute Gasteiger partial charge is 0.381 e. The van der Waals surface area contributed by atoms with Crippen molar-refractivity contribution in [2.45, 2.75) is 57.5 Å². The van der Waals surface area contributed by atoms with Crippen LogP contribution < -0.4 is 5.32 Å². The zero-order chi connectivity index (χ0) is 13.3. The first-order valence-electron chi connectivity index (χ1n) is 7.75. The van der Waals surface area contributed by atoms with Crippen LogP contribution >= 0.6 is 11.8 Å². The summed E-state index contributed by atoms with van der Waals surface area (Å²) in [5.74, 6) is 2.73. The van der Waals surface area contributed by atoms with Crippen molar-refractivity contribution in [1.82, 2.24) is 5.32 Å². The zero-order valence-electron chi connectivity index (χ0n) is 12.2. The molecule has 0 aromatic rings. The van der Waals surface area contributed by atoms with E-state index < -0.39 is 0 Å². The number of rotatable bonds is 1. The van der Waals surface area contributed by atoms with Gasteiger partial charge in [0.25, 0.3) is 0 Å². The third-order valence-electron chi connectivity index (χ3n) is 5.25. The summed E-state index contributed by atoms with van der Waals surface area (Å²) in [7, 11) is 0. The van der Waals surface area contributed by atoms with Gasteiger partial charge in [0.1, 0.15) is 0 Å². The van der Waals surface area contributed by atoms with E-state index in [9.17, 15) is 0 Å². The van der Waals surface area contributed by atoms with Crippen LogP contribution in [0.25, 0.3) is 0 Å². The Hall–Kier alpha value is -0.220. The van der Waals surface area contributed by atoms with E-state index in [0.717, 1.165) is 37.9 Å². The van der Waals surface area contributed by atoms with Crippen molar-refractivity contribution in [2.24, 2.45) is 16.8 Å². The summed E-state index contributed by atoms with van der Waals surface area (Å²) in [4.78, 5) is 5.04. The Kier molecular flexibility index (Phi) is 4.08. The van der Waals surface area contributed by atoms with Crippen LogP contribution in [-0.2, 0) is 4.74 Å². The number of amidine groups is 1. The predicted molar refractivity (Wildman–Crippen MR) is 81.8 cm³/mol. The normalized spacial score (nSPS) is 40.5. The maximum absolute atomic E-state index is 5.48. The molecule has 3 nitrogen and oxygen atoms in total. The summed E-state index contributed by atoms with van der Waals surface area (Å²) in [5, 5.41) is 4.92. The summed E-state index contributed by atoms with van der Waals surface area (Å²) in [6.07, 6.45) is 6.26. The van der Waals surface area contributed by atoms with Crippen molar-refractivity contribution in [3.63, 3.8) is 0 Å². The number of hydrogen-bond acceptors (Lipinski definition) is 3. The molecule has 0 aromatic carbocycles. The molecule has 3 atom stereocenters. The quantitative estimate of drug-likeness (QED) is 0.802. The van der Waals surface area contributed by atoms with E-state index in [1.54, 1.807) is 0 Å². The molecular formula is C15H26N2OS. The van der Waals surface area contributed by atoms with Crippen molar-refractivity contribution < 1.29 is 4.74 Å². The lowest BCUT2D eigenvalue weighted by molar-refractivity contribution is 0.0555. The maximum atomic E-state index is 5.48. The molecule has 19 heavy (non-hydrogen) atoms. The van der Waals surface area contributed by atoms with E-state index in [1.165, 1.54) is 30.2 Å². The zero-order valence-corrected chi connectivity index (χ0v) is 13.0. The lowest BCUT2D eigenvalue weighted by atomic mass is 9.78. The Morgan fingerprint density at radius 2 is 2.05 bits per heavy atom. The first kappa shape index (κ1) is 13.7. The molecule has 0 amide bonds. The molecule has 4 heteroatoms. The van der Waals surface area contributed by atoms with Crippen LogP contribution in [0.5, 0.6) is 0 Å². The molecular weight excluding hydrogens is 256 g/mol. The molecule has 2 heterocycles. The van der Waals surface area contributed by atoms with Crippen molar-refractivity contribution in [3.05, 3.63) is 0 Å². The Bertz CT molecular complexity index is 352. The Balaban J connectivity index is 1.65. The third kappa shape index (κ3) is 2.94. The highest BCUT2D eigenvalue weighted by Gasteiger charge is 2.39. The van der Waals surface area contributed by atoms with Gasteiger partial charge in [0.2, 0.25) is 0 Å². The molecule has 0 radical (unpaired) electrons. The van der Waals surface area contributed by atoms with Gasteiger partial charge in [0, 0.05) is 19.0 Å². The van der Waals surface area contributed by atoms with E-state index in [0.29, 0.717) is 6.04 Å². The van der Waals surface area contributed by atoms with Gasteiger partial charge in [0.15, 0.2) is 5.17 Å². The fourth-order valence-corrected chi connectivity index (χ4v) is 4.77. The van der Waals surface area contributed by atoms with Gasteiger partial charge in [-0.05, 0) is 31.1 Å². The van der Waals surface area contributed by atoms with E-state index in [1.807, 2.05) is 11.8 Å². The van der Waals surface area contributed by atoms with Crippen LogP contribution in [0.1, 0.15) is 46.0 Å². The number of ether oxygens (including phenoxy) is 1. The minimum atomic E-state index is 0.283. The topological polar surface area (TPSA) is 33.6 Å².